The van der Waals surface area contributed by atoms with Gasteiger partial charge in [-0.15, -0.1) is 11.3 Å². The molecule has 1 amide bonds. The minimum atomic E-state index is -3.83. The molecule has 7 nitrogen and oxygen atoms in total. The summed E-state index contributed by atoms with van der Waals surface area (Å²) >= 11 is 7.48. The van der Waals surface area contributed by atoms with Crippen molar-refractivity contribution in [3.63, 3.8) is 0 Å². The van der Waals surface area contributed by atoms with Gasteiger partial charge in [0.05, 0.1) is 33.7 Å². The van der Waals surface area contributed by atoms with Crippen molar-refractivity contribution in [1.82, 2.24) is 5.32 Å². The molecule has 0 bridgehead atoms. The van der Waals surface area contributed by atoms with Crippen molar-refractivity contribution >= 4 is 54.6 Å². The minimum absolute atomic E-state index is 0.0606. The van der Waals surface area contributed by atoms with Gasteiger partial charge in [-0.3, -0.25) is 9.10 Å². The summed E-state index contributed by atoms with van der Waals surface area (Å²) in [7, 11) is -0.883. The molecule has 0 spiro atoms. The molecule has 1 aromatic heterocycles. The average molecular weight is 495 g/mol. The summed E-state index contributed by atoms with van der Waals surface area (Å²) in [4.78, 5) is 13.2. The number of fused-ring (bicyclic) bond motifs is 1. The maximum absolute atomic E-state index is 13.1. The van der Waals surface area contributed by atoms with E-state index in [1.165, 1.54) is 48.0 Å². The second kappa shape index (κ2) is 9.27. The lowest BCUT2D eigenvalue weighted by atomic mass is 10.2. The molecule has 10 heteroatoms. The highest BCUT2D eigenvalue weighted by molar-refractivity contribution is 7.92. The van der Waals surface area contributed by atoms with Crippen LogP contribution in [0, 0.1) is 0 Å². The van der Waals surface area contributed by atoms with Gasteiger partial charge in [-0.1, -0.05) is 11.6 Å². The number of anilines is 1. The number of carbonyl (C=O) groups excluding carboxylic acids is 1. The van der Waals surface area contributed by atoms with Crippen LogP contribution < -0.4 is 14.4 Å². The molecule has 2 heterocycles. The minimum Gasteiger partial charge on any atom is -0.495 e. The molecular weight excluding hydrogens is 472 g/mol. The Bertz CT molecular complexity index is 1250. The van der Waals surface area contributed by atoms with Crippen LogP contribution in [0.1, 0.15) is 22.5 Å². The Labute approximate surface area is 195 Å². The van der Waals surface area contributed by atoms with Gasteiger partial charge < -0.3 is 14.8 Å². The van der Waals surface area contributed by atoms with E-state index in [9.17, 15) is 13.2 Å². The lowest BCUT2D eigenvalue weighted by Crippen LogP contribution is -2.31. The van der Waals surface area contributed by atoms with Gasteiger partial charge in [0.15, 0.2) is 0 Å². The highest BCUT2D eigenvalue weighted by atomic mass is 35.5. The van der Waals surface area contributed by atoms with E-state index in [4.69, 9.17) is 21.1 Å². The van der Waals surface area contributed by atoms with Crippen LogP contribution in [0.2, 0.25) is 5.02 Å². The highest BCUT2D eigenvalue weighted by Gasteiger charge is 2.23. The normalized spacial score (nSPS) is 16.3. The van der Waals surface area contributed by atoms with Crippen LogP contribution in [0.25, 0.3) is 10.1 Å². The lowest BCUT2D eigenvalue weighted by molar-refractivity contribution is 0.0861. The number of ether oxygens (including phenoxy) is 2. The van der Waals surface area contributed by atoms with Crippen LogP contribution >= 0.6 is 22.9 Å². The zero-order valence-corrected chi connectivity index (χ0v) is 20.0. The molecule has 1 saturated heterocycles. The van der Waals surface area contributed by atoms with Crippen molar-refractivity contribution in [3.05, 3.63) is 52.4 Å². The SMILES string of the molecule is COc1ccc(S(=O)(=O)N(C)c2ccc3sc(C(=O)NC[C@H]4CCCO4)cc3c2)cc1Cl. The molecule has 0 radical (unpaired) electrons. The number of methoxy groups -OCH3 is 1. The van der Waals surface area contributed by atoms with Crippen LogP contribution in [0.4, 0.5) is 5.69 Å². The summed E-state index contributed by atoms with van der Waals surface area (Å²) < 4.78 is 38.9. The first-order chi connectivity index (χ1) is 15.3. The molecule has 1 fully saturated rings. The van der Waals surface area contributed by atoms with Crippen LogP contribution in [-0.2, 0) is 14.8 Å². The van der Waals surface area contributed by atoms with Gasteiger partial charge in [0.1, 0.15) is 5.75 Å². The number of amides is 1. The monoisotopic (exact) mass is 494 g/mol. The topological polar surface area (TPSA) is 84.9 Å². The summed E-state index contributed by atoms with van der Waals surface area (Å²) in [5, 5.41) is 3.93. The van der Waals surface area contributed by atoms with E-state index in [2.05, 4.69) is 5.32 Å². The molecule has 1 atom stereocenters. The Morgan fingerprint density at radius 1 is 1.28 bits per heavy atom. The summed E-state index contributed by atoms with van der Waals surface area (Å²) in [5.74, 6) is 0.246. The fourth-order valence-corrected chi connectivity index (χ4v) is 6.04. The number of sulfonamides is 1. The van der Waals surface area contributed by atoms with E-state index >= 15 is 0 Å². The number of thiophene rings is 1. The second-order valence-corrected chi connectivity index (χ2v) is 10.9. The van der Waals surface area contributed by atoms with E-state index in [-0.39, 0.29) is 21.9 Å². The van der Waals surface area contributed by atoms with Gasteiger partial charge in [0, 0.05) is 24.9 Å². The average Bonchev–Trinajstić information content (AvgIpc) is 3.46. The number of benzene rings is 2. The predicted molar refractivity (Wildman–Crippen MR) is 127 cm³/mol. The van der Waals surface area contributed by atoms with Crippen molar-refractivity contribution < 1.29 is 22.7 Å². The molecule has 1 aliphatic rings. The second-order valence-electron chi connectivity index (χ2n) is 7.45. The molecule has 0 unspecified atom stereocenters. The van der Waals surface area contributed by atoms with Gasteiger partial charge in [-0.05, 0) is 60.7 Å². The van der Waals surface area contributed by atoms with Crippen molar-refractivity contribution in [2.24, 2.45) is 0 Å². The molecule has 1 aliphatic heterocycles. The van der Waals surface area contributed by atoms with E-state index in [0.717, 1.165) is 29.5 Å². The molecule has 32 heavy (non-hydrogen) atoms. The maximum atomic E-state index is 13.1. The van der Waals surface area contributed by atoms with Crippen LogP contribution in [0.5, 0.6) is 5.75 Å². The van der Waals surface area contributed by atoms with Crippen molar-refractivity contribution in [2.75, 3.05) is 31.6 Å². The zero-order chi connectivity index (χ0) is 22.9. The first-order valence-electron chi connectivity index (χ1n) is 10.1. The summed E-state index contributed by atoms with van der Waals surface area (Å²) in [5.41, 5.74) is 0.480. The lowest BCUT2D eigenvalue weighted by Gasteiger charge is -2.20. The van der Waals surface area contributed by atoms with E-state index in [0.29, 0.717) is 22.9 Å². The Morgan fingerprint density at radius 2 is 2.09 bits per heavy atom. The quantitative estimate of drug-likeness (QED) is 0.529. The molecule has 0 aliphatic carbocycles. The third kappa shape index (κ3) is 4.56. The van der Waals surface area contributed by atoms with Crippen molar-refractivity contribution in [1.29, 1.82) is 0 Å². The first kappa shape index (κ1) is 22.8. The zero-order valence-electron chi connectivity index (χ0n) is 17.6. The molecule has 2 aromatic carbocycles. The third-order valence-corrected chi connectivity index (χ3v) is 8.57. The molecule has 1 N–H and O–H groups in total. The number of hydrogen-bond acceptors (Lipinski definition) is 6. The summed E-state index contributed by atoms with van der Waals surface area (Å²) in [6.07, 6.45) is 2.05. The fraction of sp³-hybridized carbons (Fsp3) is 0.318. The van der Waals surface area contributed by atoms with Crippen LogP contribution in [-0.4, -0.2) is 47.7 Å². The number of carbonyl (C=O) groups is 1. The van der Waals surface area contributed by atoms with E-state index in [1.807, 2.05) is 6.07 Å². The van der Waals surface area contributed by atoms with Crippen molar-refractivity contribution in [2.45, 2.75) is 23.8 Å². The molecule has 3 aromatic rings. The predicted octanol–water partition coefficient (Wildman–Crippen LogP) is 4.30. The Morgan fingerprint density at radius 3 is 2.78 bits per heavy atom. The van der Waals surface area contributed by atoms with Gasteiger partial charge in [-0.2, -0.15) is 0 Å². The van der Waals surface area contributed by atoms with Gasteiger partial charge in [0.25, 0.3) is 15.9 Å². The summed E-state index contributed by atoms with van der Waals surface area (Å²) in [6.45, 7) is 1.23. The molecule has 0 saturated carbocycles. The van der Waals surface area contributed by atoms with E-state index in [1.54, 1.807) is 18.2 Å². The third-order valence-electron chi connectivity index (χ3n) is 5.38. The molecular formula is C22H23ClN2O5S2. The smallest absolute Gasteiger partial charge is 0.264 e. The first-order valence-corrected chi connectivity index (χ1v) is 12.7. The number of nitrogens with zero attached hydrogens (tertiary/aromatic N) is 1. The number of nitrogens with one attached hydrogen (secondary N) is 1. The standard InChI is InChI=1S/C22H23ClN2O5S2/c1-25(32(27,28)17-6-7-19(29-2)18(23)12-17)15-5-8-20-14(10-15)11-21(31-20)22(26)24-13-16-4-3-9-30-16/h5-8,10-12,16H,3-4,9,13H2,1-2H3,(H,24,26)/t16-/m1/s1. The largest absolute Gasteiger partial charge is 0.495 e. The van der Waals surface area contributed by atoms with Crippen molar-refractivity contribution in [3.8, 4) is 5.75 Å². The van der Waals surface area contributed by atoms with Gasteiger partial charge >= 0.3 is 0 Å². The van der Waals surface area contributed by atoms with Crippen LogP contribution in [0.3, 0.4) is 0 Å². The van der Waals surface area contributed by atoms with Crippen LogP contribution in [0.15, 0.2) is 47.4 Å². The van der Waals surface area contributed by atoms with E-state index < -0.39 is 10.0 Å². The van der Waals surface area contributed by atoms with Gasteiger partial charge in [-0.25, -0.2) is 8.42 Å². The maximum Gasteiger partial charge on any atom is 0.264 e. The Hall–Kier alpha value is -2.33. The molecule has 4 rings (SSSR count). The highest BCUT2D eigenvalue weighted by Crippen LogP contribution is 2.33. The number of halogens is 1. The Kier molecular flexibility index (Phi) is 6.62. The van der Waals surface area contributed by atoms with Gasteiger partial charge in [0.2, 0.25) is 0 Å². The summed E-state index contributed by atoms with van der Waals surface area (Å²) in [6, 6.07) is 11.4. The molecule has 170 valence electrons. The Balaban J connectivity index is 1.55. The number of hydrogen-bond donors (Lipinski definition) is 1. The fourth-order valence-electron chi connectivity index (χ4n) is 3.54. The number of rotatable bonds is 7.